The van der Waals surface area contributed by atoms with Gasteiger partial charge in [-0.1, -0.05) is 36.2 Å². The van der Waals surface area contributed by atoms with Crippen LogP contribution in [0.15, 0.2) is 48.5 Å². The first-order chi connectivity index (χ1) is 16.0. The number of halogens is 1. The van der Waals surface area contributed by atoms with E-state index in [-0.39, 0.29) is 11.8 Å². The molecule has 2 aliphatic heterocycles. The SMILES string of the molecule is CCN1CCOc2ccccc2CCCCC2(CCN(C(=O)c3ccc(Cl)cc3)CC2)C1=O. The van der Waals surface area contributed by atoms with Gasteiger partial charge in [0.25, 0.3) is 5.91 Å². The number of rotatable bonds is 2. The van der Waals surface area contributed by atoms with Gasteiger partial charge >= 0.3 is 0 Å². The Bertz CT molecular complexity index is 968. The van der Waals surface area contributed by atoms with Crippen LogP contribution in [0.3, 0.4) is 0 Å². The van der Waals surface area contributed by atoms with Gasteiger partial charge in [0.05, 0.1) is 12.0 Å². The highest BCUT2D eigenvalue weighted by Gasteiger charge is 2.43. The molecule has 0 bridgehead atoms. The van der Waals surface area contributed by atoms with Crippen molar-refractivity contribution in [1.82, 2.24) is 9.80 Å². The van der Waals surface area contributed by atoms with E-state index in [0.717, 1.165) is 31.4 Å². The van der Waals surface area contributed by atoms with E-state index in [4.69, 9.17) is 16.3 Å². The Morgan fingerprint density at radius 3 is 2.45 bits per heavy atom. The maximum absolute atomic E-state index is 13.8. The first-order valence-corrected chi connectivity index (χ1v) is 12.5. The van der Waals surface area contributed by atoms with Crippen LogP contribution in [0.25, 0.3) is 0 Å². The predicted molar refractivity (Wildman–Crippen MR) is 131 cm³/mol. The monoisotopic (exact) mass is 468 g/mol. The number of hydrogen-bond donors (Lipinski definition) is 0. The standard InChI is InChI=1S/C27H33ClN2O3/c1-2-29-19-20-33-24-9-4-3-7-21(24)8-5-6-14-27(26(29)32)15-17-30(18-16-27)25(31)22-10-12-23(28)13-11-22/h3-4,7,9-13H,2,5-6,8,14-20H2,1H3. The van der Waals surface area contributed by atoms with Crippen LogP contribution in [0, 0.1) is 5.41 Å². The lowest BCUT2D eigenvalue weighted by Crippen LogP contribution is -2.52. The summed E-state index contributed by atoms with van der Waals surface area (Å²) in [6, 6.07) is 15.3. The number of benzene rings is 2. The molecule has 1 spiro atoms. The number of ether oxygens (including phenoxy) is 1. The van der Waals surface area contributed by atoms with Crippen molar-refractivity contribution in [2.75, 3.05) is 32.8 Å². The van der Waals surface area contributed by atoms with Crippen molar-refractivity contribution in [3.63, 3.8) is 0 Å². The van der Waals surface area contributed by atoms with Gasteiger partial charge in [-0.15, -0.1) is 0 Å². The van der Waals surface area contributed by atoms with Gasteiger partial charge in [-0.05, 0) is 74.9 Å². The molecular formula is C27H33ClN2O3. The summed E-state index contributed by atoms with van der Waals surface area (Å²) in [5.74, 6) is 1.17. The summed E-state index contributed by atoms with van der Waals surface area (Å²) in [6.07, 6.45) is 5.25. The van der Waals surface area contributed by atoms with Crippen LogP contribution in [0.1, 0.15) is 54.9 Å². The molecule has 0 aromatic heterocycles. The van der Waals surface area contributed by atoms with Gasteiger partial charge in [-0.3, -0.25) is 9.59 Å². The highest BCUT2D eigenvalue weighted by Crippen LogP contribution is 2.39. The summed E-state index contributed by atoms with van der Waals surface area (Å²) in [7, 11) is 0. The molecule has 2 aromatic rings. The number of likely N-dealkylation sites (N-methyl/N-ethyl adjacent to an activating group) is 1. The van der Waals surface area contributed by atoms with E-state index in [1.54, 1.807) is 24.3 Å². The fraction of sp³-hybridized carbons (Fsp3) is 0.481. The van der Waals surface area contributed by atoms with Gasteiger partial charge in [-0.2, -0.15) is 0 Å². The number of carbonyl (C=O) groups is 2. The maximum Gasteiger partial charge on any atom is 0.253 e. The highest BCUT2D eigenvalue weighted by molar-refractivity contribution is 6.30. The molecule has 2 aromatic carbocycles. The van der Waals surface area contributed by atoms with Crippen LogP contribution >= 0.6 is 11.6 Å². The van der Waals surface area contributed by atoms with E-state index in [9.17, 15) is 9.59 Å². The smallest absolute Gasteiger partial charge is 0.253 e. The normalized spacial score (nSPS) is 19.3. The fourth-order valence-corrected chi connectivity index (χ4v) is 5.24. The number of para-hydroxylation sites is 1. The molecule has 176 valence electrons. The lowest BCUT2D eigenvalue weighted by Gasteiger charge is -2.43. The largest absolute Gasteiger partial charge is 0.491 e. The number of carbonyl (C=O) groups excluding carboxylic acids is 2. The third-order valence-corrected chi connectivity index (χ3v) is 7.42. The average molecular weight is 469 g/mol. The zero-order chi connectivity index (χ0) is 23.3. The minimum Gasteiger partial charge on any atom is -0.491 e. The average Bonchev–Trinajstić information content (AvgIpc) is 2.84. The lowest BCUT2D eigenvalue weighted by atomic mass is 9.73. The number of amides is 2. The molecule has 1 saturated heterocycles. The Labute approximate surface area is 201 Å². The maximum atomic E-state index is 13.8. The van der Waals surface area contributed by atoms with Crippen molar-refractivity contribution >= 4 is 23.4 Å². The third-order valence-electron chi connectivity index (χ3n) is 7.16. The van der Waals surface area contributed by atoms with E-state index in [1.807, 2.05) is 28.9 Å². The van der Waals surface area contributed by atoms with Crippen LogP contribution in [0.5, 0.6) is 5.75 Å². The summed E-state index contributed by atoms with van der Waals surface area (Å²) in [5, 5.41) is 0.620. The Morgan fingerprint density at radius 1 is 1.00 bits per heavy atom. The summed E-state index contributed by atoms with van der Waals surface area (Å²) in [5.41, 5.74) is 1.49. The van der Waals surface area contributed by atoms with E-state index >= 15 is 0 Å². The molecule has 1 fully saturated rings. The second-order valence-corrected chi connectivity index (χ2v) is 9.56. The zero-order valence-corrected chi connectivity index (χ0v) is 20.2. The van der Waals surface area contributed by atoms with Crippen molar-refractivity contribution in [2.45, 2.75) is 45.4 Å². The molecule has 2 aliphatic rings. The van der Waals surface area contributed by atoms with Gasteiger partial charge in [0.15, 0.2) is 0 Å². The lowest BCUT2D eigenvalue weighted by molar-refractivity contribution is -0.145. The number of piperidine rings is 1. The second kappa shape index (κ2) is 10.6. The van der Waals surface area contributed by atoms with E-state index in [1.165, 1.54) is 5.56 Å². The van der Waals surface area contributed by atoms with Crippen LogP contribution in [0.4, 0.5) is 0 Å². The van der Waals surface area contributed by atoms with Gasteiger partial charge in [0.1, 0.15) is 12.4 Å². The molecule has 33 heavy (non-hydrogen) atoms. The number of nitrogens with zero attached hydrogens (tertiary/aromatic N) is 2. The van der Waals surface area contributed by atoms with Crippen molar-refractivity contribution in [1.29, 1.82) is 0 Å². The quantitative estimate of drug-likeness (QED) is 0.607. The van der Waals surface area contributed by atoms with Crippen molar-refractivity contribution in [3.8, 4) is 5.75 Å². The van der Waals surface area contributed by atoms with E-state index in [2.05, 4.69) is 12.1 Å². The van der Waals surface area contributed by atoms with E-state index < -0.39 is 5.41 Å². The molecule has 2 heterocycles. The van der Waals surface area contributed by atoms with Crippen molar-refractivity contribution < 1.29 is 14.3 Å². The minimum absolute atomic E-state index is 0.0134. The molecule has 6 heteroatoms. The van der Waals surface area contributed by atoms with Gasteiger partial charge in [-0.25, -0.2) is 0 Å². The zero-order valence-electron chi connectivity index (χ0n) is 19.4. The topological polar surface area (TPSA) is 49.9 Å². The second-order valence-electron chi connectivity index (χ2n) is 9.13. The molecule has 0 unspecified atom stereocenters. The fourth-order valence-electron chi connectivity index (χ4n) is 5.12. The van der Waals surface area contributed by atoms with Crippen LogP contribution < -0.4 is 4.74 Å². The van der Waals surface area contributed by atoms with Crippen LogP contribution in [-0.4, -0.2) is 54.4 Å². The van der Waals surface area contributed by atoms with Crippen LogP contribution in [0.2, 0.25) is 5.02 Å². The minimum atomic E-state index is -0.397. The summed E-state index contributed by atoms with van der Waals surface area (Å²) >= 11 is 5.97. The Hall–Kier alpha value is -2.53. The van der Waals surface area contributed by atoms with Gasteiger partial charge < -0.3 is 14.5 Å². The molecular weight excluding hydrogens is 436 g/mol. The van der Waals surface area contributed by atoms with Crippen LogP contribution in [-0.2, 0) is 11.2 Å². The number of hydrogen-bond acceptors (Lipinski definition) is 3. The first-order valence-electron chi connectivity index (χ1n) is 12.1. The van der Waals surface area contributed by atoms with Gasteiger partial charge in [0, 0.05) is 30.2 Å². The molecule has 0 atom stereocenters. The van der Waals surface area contributed by atoms with Crippen molar-refractivity contribution in [2.24, 2.45) is 5.41 Å². The summed E-state index contributed by atoms with van der Waals surface area (Å²) < 4.78 is 6.07. The summed E-state index contributed by atoms with van der Waals surface area (Å²) in [4.78, 5) is 30.6. The predicted octanol–water partition coefficient (Wildman–Crippen LogP) is 5.22. The Kier molecular flexibility index (Phi) is 7.59. The molecule has 0 N–H and O–H groups in total. The molecule has 0 saturated carbocycles. The summed E-state index contributed by atoms with van der Waals surface area (Å²) in [6.45, 7) is 4.98. The van der Waals surface area contributed by atoms with E-state index in [0.29, 0.717) is 56.2 Å². The third kappa shape index (κ3) is 5.35. The molecule has 4 rings (SSSR count). The Balaban J connectivity index is 1.48. The molecule has 0 aliphatic carbocycles. The first kappa shape index (κ1) is 23.6. The van der Waals surface area contributed by atoms with Crippen molar-refractivity contribution in [3.05, 3.63) is 64.7 Å². The number of likely N-dealkylation sites (tertiary alicyclic amines) is 1. The number of fused-ring (bicyclic) bond motifs is 1. The molecule has 0 radical (unpaired) electrons. The molecule has 2 amide bonds. The Morgan fingerprint density at radius 2 is 1.73 bits per heavy atom. The number of aryl methyl sites for hydroxylation is 1. The molecule has 5 nitrogen and oxygen atoms in total. The van der Waals surface area contributed by atoms with Gasteiger partial charge in [0.2, 0.25) is 5.91 Å². The highest BCUT2D eigenvalue weighted by atomic mass is 35.5.